The molecular weight excluding hydrogens is 326 g/mol. The number of halogens is 1. The van der Waals surface area contributed by atoms with Crippen LogP contribution in [0.3, 0.4) is 0 Å². The van der Waals surface area contributed by atoms with Crippen LogP contribution in [0.15, 0.2) is 65.9 Å². The molecule has 0 spiro atoms. The lowest BCUT2D eigenvalue weighted by Crippen LogP contribution is -2.23. The van der Waals surface area contributed by atoms with Crippen LogP contribution < -0.4 is 5.43 Å². The number of hydrazone groups is 1. The normalized spacial score (nSPS) is 10.9. The van der Waals surface area contributed by atoms with Crippen molar-refractivity contribution in [2.45, 2.75) is 6.54 Å². The van der Waals surface area contributed by atoms with Gasteiger partial charge >= 0.3 is 0 Å². The van der Waals surface area contributed by atoms with Gasteiger partial charge in [0.2, 0.25) is 0 Å². The highest BCUT2D eigenvalue weighted by Gasteiger charge is 2.06. The minimum atomic E-state index is -0.287. The van der Waals surface area contributed by atoms with Crippen molar-refractivity contribution in [1.29, 1.82) is 0 Å². The molecule has 0 aliphatic rings. The maximum atomic E-state index is 11.9. The maximum absolute atomic E-state index is 11.9. The second kappa shape index (κ2) is 7.52. The van der Waals surface area contributed by atoms with Gasteiger partial charge in [0.1, 0.15) is 12.2 Å². The first-order valence-electron chi connectivity index (χ1n) is 7.24. The van der Waals surface area contributed by atoms with E-state index in [0.717, 1.165) is 11.1 Å². The van der Waals surface area contributed by atoms with E-state index in [1.807, 2.05) is 42.5 Å². The van der Waals surface area contributed by atoms with Gasteiger partial charge in [0, 0.05) is 10.6 Å². The summed E-state index contributed by atoms with van der Waals surface area (Å²) >= 11 is 5.80. The zero-order valence-corrected chi connectivity index (χ0v) is 13.4. The molecule has 0 saturated carbocycles. The van der Waals surface area contributed by atoms with Crippen molar-refractivity contribution in [2.75, 3.05) is 0 Å². The van der Waals surface area contributed by atoms with E-state index in [1.165, 1.54) is 4.68 Å². The quantitative estimate of drug-likeness (QED) is 0.574. The average molecular weight is 340 g/mol. The average Bonchev–Trinajstić information content (AvgIpc) is 3.06. The lowest BCUT2D eigenvalue weighted by molar-refractivity contribution is -0.121. The van der Waals surface area contributed by atoms with Crippen molar-refractivity contribution >= 4 is 23.7 Å². The number of rotatable bonds is 5. The zero-order chi connectivity index (χ0) is 16.8. The standard InChI is InChI=1S/C17H14ClN5O/c18-15-8-6-13(7-9-15)10-19-21-17(24)12-23-11-16(20-22-23)14-4-2-1-3-5-14/h1-11H,12H2,(H,21,24)/b19-10+. The molecule has 0 radical (unpaired) electrons. The van der Waals surface area contributed by atoms with Crippen LogP contribution in [0.25, 0.3) is 11.3 Å². The fourth-order valence-corrected chi connectivity index (χ4v) is 2.15. The Labute approximate surface area is 143 Å². The number of amides is 1. The van der Waals surface area contributed by atoms with E-state index in [4.69, 9.17) is 11.6 Å². The van der Waals surface area contributed by atoms with Crippen molar-refractivity contribution in [3.63, 3.8) is 0 Å². The number of hydrogen-bond donors (Lipinski definition) is 1. The van der Waals surface area contributed by atoms with Gasteiger partial charge in [0.25, 0.3) is 5.91 Å². The van der Waals surface area contributed by atoms with Crippen molar-refractivity contribution in [3.8, 4) is 11.3 Å². The minimum Gasteiger partial charge on any atom is -0.271 e. The van der Waals surface area contributed by atoms with E-state index < -0.39 is 0 Å². The Hall–Kier alpha value is -2.99. The largest absolute Gasteiger partial charge is 0.271 e. The van der Waals surface area contributed by atoms with Gasteiger partial charge in [0.15, 0.2) is 0 Å². The molecule has 0 atom stereocenters. The van der Waals surface area contributed by atoms with Crippen molar-refractivity contribution in [1.82, 2.24) is 20.4 Å². The topological polar surface area (TPSA) is 72.2 Å². The van der Waals surface area contributed by atoms with Crippen LogP contribution in [-0.2, 0) is 11.3 Å². The Morgan fingerprint density at radius 1 is 1.17 bits per heavy atom. The van der Waals surface area contributed by atoms with Crippen LogP contribution in [0.1, 0.15) is 5.56 Å². The summed E-state index contributed by atoms with van der Waals surface area (Å²) in [5, 5.41) is 12.6. The summed E-state index contributed by atoms with van der Waals surface area (Å²) in [6.07, 6.45) is 3.27. The second-order valence-electron chi connectivity index (χ2n) is 5.01. The van der Waals surface area contributed by atoms with E-state index in [-0.39, 0.29) is 12.5 Å². The van der Waals surface area contributed by atoms with Gasteiger partial charge in [-0.2, -0.15) is 5.10 Å². The summed E-state index contributed by atoms with van der Waals surface area (Å²) in [5.41, 5.74) is 4.96. The summed E-state index contributed by atoms with van der Waals surface area (Å²) < 4.78 is 1.47. The van der Waals surface area contributed by atoms with Gasteiger partial charge < -0.3 is 0 Å². The molecule has 0 bridgehead atoms. The summed E-state index contributed by atoms with van der Waals surface area (Å²) in [6.45, 7) is 0.0395. The summed E-state index contributed by atoms with van der Waals surface area (Å²) in [4.78, 5) is 11.9. The Morgan fingerprint density at radius 2 is 1.92 bits per heavy atom. The number of benzene rings is 2. The molecule has 7 heteroatoms. The minimum absolute atomic E-state index is 0.0395. The molecule has 1 N–H and O–H groups in total. The Kier molecular flexibility index (Phi) is 4.98. The molecule has 24 heavy (non-hydrogen) atoms. The van der Waals surface area contributed by atoms with Crippen LogP contribution in [0, 0.1) is 0 Å². The fourth-order valence-electron chi connectivity index (χ4n) is 2.03. The third kappa shape index (κ3) is 4.27. The van der Waals surface area contributed by atoms with Crippen molar-refractivity contribution in [2.24, 2.45) is 5.10 Å². The molecular formula is C17H14ClN5O. The molecule has 6 nitrogen and oxygen atoms in total. The van der Waals surface area contributed by atoms with Gasteiger partial charge in [-0.15, -0.1) is 5.10 Å². The van der Waals surface area contributed by atoms with Crippen LogP contribution in [-0.4, -0.2) is 27.1 Å². The number of aromatic nitrogens is 3. The van der Waals surface area contributed by atoms with Crippen molar-refractivity contribution in [3.05, 3.63) is 71.4 Å². The van der Waals surface area contributed by atoms with Crippen LogP contribution in [0.5, 0.6) is 0 Å². The Morgan fingerprint density at radius 3 is 2.67 bits per heavy atom. The van der Waals surface area contributed by atoms with E-state index in [0.29, 0.717) is 10.7 Å². The molecule has 3 aromatic rings. The monoisotopic (exact) mass is 339 g/mol. The third-order valence-corrected chi connectivity index (χ3v) is 3.44. The highest BCUT2D eigenvalue weighted by molar-refractivity contribution is 6.30. The van der Waals surface area contributed by atoms with Crippen molar-refractivity contribution < 1.29 is 4.79 Å². The molecule has 2 aromatic carbocycles. The molecule has 1 heterocycles. The molecule has 0 fully saturated rings. The first kappa shape index (κ1) is 15.9. The van der Waals surface area contributed by atoms with E-state index in [2.05, 4.69) is 20.8 Å². The molecule has 0 aliphatic heterocycles. The van der Waals surface area contributed by atoms with Gasteiger partial charge in [-0.05, 0) is 17.7 Å². The van der Waals surface area contributed by atoms with Gasteiger partial charge in [-0.1, -0.05) is 59.3 Å². The molecule has 120 valence electrons. The highest BCUT2D eigenvalue weighted by Crippen LogP contribution is 2.14. The third-order valence-electron chi connectivity index (χ3n) is 3.19. The van der Waals surface area contributed by atoms with Gasteiger partial charge in [0.05, 0.1) is 12.4 Å². The first-order valence-corrected chi connectivity index (χ1v) is 7.61. The van der Waals surface area contributed by atoms with Gasteiger partial charge in [-0.3, -0.25) is 4.79 Å². The molecule has 0 saturated heterocycles. The van der Waals surface area contributed by atoms with Crippen LogP contribution in [0.2, 0.25) is 5.02 Å². The Balaban J connectivity index is 1.55. The summed E-state index contributed by atoms with van der Waals surface area (Å²) in [6, 6.07) is 16.8. The van der Waals surface area contributed by atoms with E-state index in [9.17, 15) is 4.79 Å². The SMILES string of the molecule is O=C(Cn1cc(-c2ccccc2)nn1)N/N=C/c1ccc(Cl)cc1. The van der Waals surface area contributed by atoms with Crippen LogP contribution in [0.4, 0.5) is 0 Å². The van der Waals surface area contributed by atoms with E-state index in [1.54, 1.807) is 24.5 Å². The van der Waals surface area contributed by atoms with Crippen LogP contribution >= 0.6 is 11.6 Å². The van der Waals surface area contributed by atoms with Gasteiger partial charge in [-0.25, -0.2) is 10.1 Å². The molecule has 0 unspecified atom stereocenters. The smallest absolute Gasteiger partial charge is 0.261 e. The Bertz CT molecular complexity index is 843. The molecule has 3 rings (SSSR count). The summed E-state index contributed by atoms with van der Waals surface area (Å²) in [5.74, 6) is -0.287. The number of carbonyl (C=O) groups excluding carboxylic acids is 1. The first-order chi connectivity index (χ1) is 11.7. The zero-order valence-electron chi connectivity index (χ0n) is 12.6. The predicted molar refractivity (Wildman–Crippen MR) is 92.6 cm³/mol. The number of nitrogens with one attached hydrogen (secondary N) is 1. The molecule has 0 aliphatic carbocycles. The highest BCUT2D eigenvalue weighted by atomic mass is 35.5. The molecule has 1 aromatic heterocycles. The lowest BCUT2D eigenvalue weighted by Gasteiger charge is -1.99. The molecule has 1 amide bonds. The lowest BCUT2D eigenvalue weighted by atomic mass is 10.2. The maximum Gasteiger partial charge on any atom is 0.261 e. The summed E-state index contributed by atoms with van der Waals surface area (Å²) in [7, 11) is 0. The number of hydrogen-bond acceptors (Lipinski definition) is 4. The van der Waals surface area contributed by atoms with E-state index >= 15 is 0 Å². The number of carbonyl (C=O) groups is 1. The predicted octanol–water partition coefficient (Wildman–Crippen LogP) is 2.75. The number of nitrogens with zero attached hydrogens (tertiary/aromatic N) is 4. The second-order valence-corrected chi connectivity index (χ2v) is 5.45. The fraction of sp³-hybridized carbons (Fsp3) is 0.0588.